The molecular formula is C35H53ClN2O3. The van der Waals surface area contributed by atoms with Gasteiger partial charge < -0.3 is 14.4 Å². The smallest absolute Gasteiger partial charge is 0.303 e. The summed E-state index contributed by atoms with van der Waals surface area (Å²) in [5.74, 6) is 2.25. The predicted molar refractivity (Wildman–Crippen MR) is 177 cm³/mol. The Hall–Kier alpha value is -2.79. The van der Waals surface area contributed by atoms with Gasteiger partial charge in [-0.3, -0.25) is 9.79 Å². The molecule has 2 aromatic carbocycles. The number of carbonyl (C=O) groups excluding carboxylic acids is 1. The zero-order valence-electron chi connectivity index (χ0n) is 27.1. The number of esters is 1. The van der Waals surface area contributed by atoms with Gasteiger partial charge in [-0.2, -0.15) is 0 Å². The number of hydrogen-bond donors (Lipinski definition) is 0. The molecule has 0 radical (unpaired) electrons. The van der Waals surface area contributed by atoms with Gasteiger partial charge in [-0.1, -0.05) is 58.0 Å². The summed E-state index contributed by atoms with van der Waals surface area (Å²) < 4.78 is 11.1. The van der Waals surface area contributed by atoms with Crippen LogP contribution >= 0.6 is 11.6 Å². The number of aryl methyl sites for hydroxylation is 2. The minimum atomic E-state index is -0.328. The number of allylic oxidation sites excluding steroid dienone is 1. The van der Waals surface area contributed by atoms with Crippen LogP contribution in [0.2, 0.25) is 5.02 Å². The molecule has 0 heterocycles. The van der Waals surface area contributed by atoms with E-state index in [-0.39, 0.29) is 17.7 Å². The minimum Gasteiger partial charge on any atom is -0.490 e. The molecule has 0 amide bonds. The van der Waals surface area contributed by atoms with Crippen LogP contribution in [0.1, 0.15) is 98.6 Å². The maximum Gasteiger partial charge on any atom is 0.303 e. The van der Waals surface area contributed by atoms with Crippen LogP contribution in [0.5, 0.6) is 5.75 Å². The number of ether oxygens (including phenoxy) is 2. The van der Waals surface area contributed by atoms with E-state index >= 15 is 0 Å². The first-order chi connectivity index (χ1) is 19.4. The van der Waals surface area contributed by atoms with Crippen LogP contribution in [0, 0.1) is 12.8 Å². The van der Waals surface area contributed by atoms with Crippen molar-refractivity contribution in [1.29, 1.82) is 0 Å². The molecule has 0 atom stereocenters. The molecule has 1 aliphatic rings. The second kappa shape index (κ2) is 17.9. The molecule has 2 aromatic rings. The van der Waals surface area contributed by atoms with Crippen molar-refractivity contribution in [3.63, 3.8) is 0 Å². The Kier molecular flexibility index (Phi) is 15.8. The topological polar surface area (TPSA) is 51.1 Å². The SMILES string of the molecule is C=C(CC)N(C(=NC)C1CCC(Oc2cccc(C)c2)CC1)c1ccc(Cl)cc1CC.CC.CC(=O)OC(C)(C)C. The van der Waals surface area contributed by atoms with Gasteiger partial charge in [0.15, 0.2) is 0 Å². The quantitative estimate of drug-likeness (QED) is 0.184. The van der Waals surface area contributed by atoms with Crippen molar-refractivity contribution < 1.29 is 14.3 Å². The van der Waals surface area contributed by atoms with Crippen LogP contribution in [0.25, 0.3) is 0 Å². The summed E-state index contributed by atoms with van der Waals surface area (Å²) in [6.45, 7) is 21.7. The van der Waals surface area contributed by atoms with Gasteiger partial charge in [-0.05, 0) is 108 Å². The van der Waals surface area contributed by atoms with Crippen molar-refractivity contribution in [3.8, 4) is 5.75 Å². The fourth-order valence-corrected chi connectivity index (χ4v) is 5.08. The summed E-state index contributed by atoms with van der Waals surface area (Å²) in [6, 6.07) is 14.5. The summed E-state index contributed by atoms with van der Waals surface area (Å²) in [5, 5.41) is 0.770. The van der Waals surface area contributed by atoms with Crippen LogP contribution in [0.15, 0.2) is 59.7 Å². The van der Waals surface area contributed by atoms with Gasteiger partial charge in [0.05, 0.1) is 11.8 Å². The fraction of sp³-hybridized carbons (Fsp3) is 0.543. The van der Waals surface area contributed by atoms with Crippen molar-refractivity contribution in [3.05, 3.63) is 70.9 Å². The molecule has 41 heavy (non-hydrogen) atoms. The van der Waals surface area contributed by atoms with Crippen molar-refractivity contribution in [1.82, 2.24) is 0 Å². The molecule has 0 unspecified atom stereocenters. The average Bonchev–Trinajstić information content (AvgIpc) is 2.92. The highest BCUT2D eigenvalue weighted by Crippen LogP contribution is 2.35. The Bertz CT molecular complexity index is 1130. The minimum absolute atomic E-state index is 0.225. The van der Waals surface area contributed by atoms with Crippen LogP contribution in [-0.4, -0.2) is 30.6 Å². The number of halogens is 1. The maximum atomic E-state index is 10.2. The van der Waals surface area contributed by atoms with Gasteiger partial charge in [0, 0.05) is 30.6 Å². The van der Waals surface area contributed by atoms with Gasteiger partial charge in [0.2, 0.25) is 0 Å². The van der Waals surface area contributed by atoms with E-state index in [0.717, 1.165) is 66.5 Å². The first-order valence-electron chi connectivity index (χ1n) is 15.0. The predicted octanol–water partition coefficient (Wildman–Crippen LogP) is 9.98. The normalized spacial score (nSPS) is 16.8. The van der Waals surface area contributed by atoms with E-state index in [2.05, 4.69) is 68.6 Å². The third kappa shape index (κ3) is 12.3. The van der Waals surface area contributed by atoms with Crippen molar-refractivity contribution in [2.24, 2.45) is 10.9 Å². The summed E-state index contributed by atoms with van der Waals surface area (Å²) in [7, 11) is 1.90. The molecule has 0 aromatic heterocycles. The van der Waals surface area contributed by atoms with E-state index in [1.54, 1.807) is 0 Å². The van der Waals surface area contributed by atoms with E-state index in [4.69, 9.17) is 26.1 Å². The molecule has 3 rings (SSSR count). The van der Waals surface area contributed by atoms with E-state index < -0.39 is 0 Å². The van der Waals surface area contributed by atoms with Gasteiger partial charge in [-0.25, -0.2) is 0 Å². The Labute approximate surface area is 255 Å². The largest absolute Gasteiger partial charge is 0.490 e. The maximum absolute atomic E-state index is 10.2. The molecular weight excluding hydrogens is 532 g/mol. The summed E-state index contributed by atoms with van der Waals surface area (Å²) >= 11 is 6.28. The van der Waals surface area contributed by atoms with Crippen LogP contribution in [0.3, 0.4) is 0 Å². The lowest BCUT2D eigenvalue weighted by Gasteiger charge is -2.36. The van der Waals surface area contributed by atoms with Crippen LogP contribution < -0.4 is 9.64 Å². The number of rotatable bonds is 7. The van der Waals surface area contributed by atoms with Crippen molar-refractivity contribution in [2.75, 3.05) is 11.9 Å². The number of anilines is 1. The zero-order chi connectivity index (χ0) is 31.2. The van der Waals surface area contributed by atoms with Crippen molar-refractivity contribution in [2.45, 2.75) is 113 Å². The van der Waals surface area contributed by atoms with E-state index in [9.17, 15) is 4.79 Å². The molecule has 0 bridgehead atoms. The van der Waals surface area contributed by atoms with E-state index in [1.807, 2.05) is 47.7 Å². The number of aliphatic imine (C=N–C) groups is 1. The second-order valence-corrected chi connectivity index (χ2v) is 11.5. The highest BCUT2D eigenvalue weighted by Gasteiger charge is 2.30. The van der Waals surface area contributed by atoms with Gasteiger partial charge in [-0.15, -0.1) is 0 Å². The van der Waals surface area contributed by atoms with Crippen molar-refractivity contribution >= 4 is 29.1 Å². The zero-order valence-corrected chi connectivity index (χ0v) is 27.9. The number of hydrogen-bond acceptors (Lipinski definition) is 4. The average molecular weight is 585 g/mol. The standard InChI is InChI=1S/C27H35ClN2O.C6H12O2.C2H6/c1-6-20(4)30(26-16-13-23(28)18-21(26)7-2)27(29-5)22-11-14-24(15-12-22)31-25-10-8-9-19(3)17-25;1-5(7)8-6(2,3)4;1-2/h8-10,13,16-18,22,24H,4,6-7,11-12,14-15H2,1-3,5H3;1-4H3;1-2H3. The summed E-state index contributed by atoms with van der Waals surface area (Å²) in [4.78, 5) is 17.3. The number of benzene rings is 2. The summed E-state index contributed by atoms with van der Waals surface area (Å²) in [5.41, 5.74) is 4.34. The molecule has 1 fully saturated rings. The van der Waals surface area contributed by atoms with E-state index in [1.165, 1.54) is 18.1 Å². The third-order valence-electron chi connectivity index (χ3n) is 6.63. The molecule has 0 aliphatic heterocycles. The Morgan fingerprint density at radius 2 is 1.71 bits per heavy atom. The number of nitrogens with zero attached hydrogens (tertiary/aromatic N) is 2. The first kappa shape index (κ1) is 36.2. The lowest BCUT2D eigenvalue weighted by Crippen LogP contribution is -2.39. The van der Waals surface area contributed by atoms with Gasteiger partial charge in [0.1, 0.15) is 17.2 Å². The van der Waals surface area contributed by atoms with Gasteiger partial charge >= 0.3 is 5.97 Å². The first-order valence-corrected chi connectivity index (χ1v) is 15.4. The third-order valence-corrected chi connectivity index (χ3v) is 6.86. The molecule has 0 spiro atoms. The molecule has 1 saturated carbocycles. The number of carbonyl (C=O) groups is 1. The second-order valence-electron chi connectivity index (χ2n) is 11.1. The monoisotopic (exact) mass is 584 g/mol. The van der Waals surface area contributed by atoms with Crippen LogP contribution in [-0.2, 0) is 16.0 Å². The Morgan fingerprint density at radius 3 is 2.17 bits per heavy atom. The lowest BCUT2D eigenvalue weighted by molar-refractivity contribution is -0.151. The molecule has 0 N–H and O–H groups in total. The highest BCUT2D eigenvalue weighted by atomic mass is 35.5. The summed E-state index contributed by atoms with van der Waals surface area (Å²) in [6.07, 6.45) is 6.24. The molecule has 1 aliphatic carbocycles. The Balaban J connectivity index is 0.000000725. The molecule has 0 saturated heterocycles. The van der Waals surface area contributed by atoms with E-state index in [0.29, 0.717) is 5.92 Å². The highest BCUT2D eigenvalue weighted by molar-refractivity contribution is 6.30. The van der Waals surface area contributed by atoms with Crippen LogP contribution in [0.4, 0.5) is 5.69 Å². The molecule has 6 heteroatoms. The fourth-order valence-electron chi connectivity index (χ4n) is 4.89. The number of amidine groups is 1. The molecule has 5 nitrogen and oxygen atoms in total. The lowest BCUT2D eigenvalue weighted by atomic mass is 9.85. The van der Waals surface area contributed by atoms with Gasteiger partial charge in [0.25, 0.3) is 0 Å². The molecule has 228 valence electrons. The Morgan fingerprint density at radius 1 is 1.07 bits per heavy atom.